The van der Waals surface area contributed by atoms with E-state index in [4.69, 9.17) is 9.15 Å². The van der Waals surface area contributed by atoms with E-state index in [0.717, 1.165) is 17.1 Å². The number of methoxy groups -OCH3 is 1. The molecule has 21 heavy (non-hydrogen) atoms. The maximum absolute atomic E-state index is 12.1. The Bertz CT molecular complexity index is 560. The first-order valence-electron chi connectivity index (χ1n) is 6.48. The predicted molar refractivity (Wildman–Crippen MR) is 79.5 cm³/mol. The number of hydrogen-bond donors (Lipinski definition) is 1. The number of thioether (sulfide) groups is 1. The summed E-state index contributed by atoms with van der Waals surface area (Å²) in [5, 5.41) is 3.24. The zero-order valence-corrected chi connectivity index (χ0v) is 12.5. The molecule has 1 aromatic heterocycles. The van der Waals surface area contributed by atoms with Gasteiger partial charge in [0.15, 0.2) is 0 Å². The van der Waals surface area contributed by atoms with Crippen LogP contribution >= 0.6 is 11.8 Å². The highest BCUT2D eigenvalue weighted by Crippen LogP contribution is 2.21. The van der Waals surface area contributed by atoms with Crippen LogP contribution in [0.25, 0.3) is 0 Å². The van der Waals surface area contributed by atoms with Crippen molar-refractivity contribution in [3.8, 4) is 5.75 Å². The minimum Gasteiger partial charge on any atom is -0.497 e. The molecule has 2 aromatic rings. The van der Waals surface area contributed by atoms with Crippen LogP contribution < -0.4 is 10.1 Å². The summed E-state index contributed by atoms with van der Waals surface area (Å²) in [4.78, 5) is 0. The van der Waals surface area contributed by atoms with Gasteiger partial charge in [0, 0.05) is 6.54 Å². The van der Waals surface area contributed by atoms with Gasteiger partial charge in [-0.25, -0.2) is 0 Å². The molecule has 0 fully saturated rings. The van der Waals surface area contributed by atoms with Crippen molar-refractivity contribution in [2.24, 2.45) is 0 Å². The zero-order chi connectivity index (χ0) is 15.1. The number of halogens is 2. The van der Waals surface area contributed by atoms with E-state index in [1.807, 2.05) is 24.3 Å². The average molecular weight is 313 g/mol. The fraction of sp³-hybridized carbons (Fsp3) is 0.333. The average Bonchev–Trinajstić information content (AvgIpc) is 2.93. The van der Waals surface area contributed by atoms with Crippen molar-refractivity contribution in [3.63, 3.8) is 0 Å². The van der Waals surface area contributed by atoms with Gasteiger partial charge in [0.1, 0.15) is 17.3 Å². The molecule has 0 saturated carbocycles. The highest BCUT2D eigenvalue weighted by Gasteiger charge is 2.07. The second-order valence-electron chi connectivity index (χ2n) is 4.39. The first-order chi connectivity index (χ1) is 10.2. The quantitative estimate of drug-likeness (QED) is 0.798. The lowest BCUT2D eigenvalue weighted by Crippen LogP contribution is -2.12. The SMILES string of the molecule is COc1cccc(CNCc2ccc(CSC(F)F)o2)c1. The number of ether oxygens (including phenoxy) is 1. The smallest absolute Gasteiger partial charge is 0.284 e. The van der Waals surface area contributed by atoms with E-state index in [0.29, 0.717) is 30.6 Å². The molecule has 1 heterocycles. The molecule has 0 radical (unpaired) electrons. The Morgan fingerprint density at radius 2 is 2.00 bits per heavy atom. The summed E-state index contributed by atoms with van der Waals surface area (Å²) in [6.45, 7) is 1.23. The molecular weight excluding hydrogens is 296 g/mol. The van der Waals surface area contributed by atoms with E-state index < -0.39 is 5.76 Å². The van der Waals surface area contributed by atoms with Crippen LogP contribution in [0.3, 0.4) is 0 Å². The topological polar surface area (TPSA) is 34.4 Å². The molecule has 1 aromatic carbocycles. The molecule has 0 atom stereocenters. The summed E-state index contributed by atoms with van der Waals surface area (Å²) in [7, 11) is 1.63. The Morgan fingerprint density at radius 3 is 2.76 bits per heavy atom. The third-order valence-electron chi connectivity index (χ3n) is 2.83. The Hall–Kier alpha value is -1.53. The molecule has 0 bridgehead atoms. The number of furan rings is 1. The van der Waals surface area contributed by atoms with Crippen LogP contribution in [-0.2, 0) is 18.8 Å². The van der Waals surface area contributed by atoms with Crippen molar-refractivity contribution in [1.82, 2.24) is 5.32 Å². The molecule has 6 heteroatoms. The van der Waals surface area contributed by atoms with Crippen LogP contribution in [0.1, 0.15) is 17.1 Å². The Kier molecular flexibility index (Phi) is 6.07. The summed E-state index contributed by atoms with van der Waals surface area (Å²) in [6, 6.07) is 11.3. The Morgan fingerprint density at radius 1 is 1.19 bits per heavy atom. The second-order valence-corrected chi connectivity index (χ2v) is 5.37. The van der Waals surface area contributed by atoms with Gasteiger partial charge in [-0.05, 0) is 29.8 Å². The second kappa shape index (κ2) is 8.05. The van der Waals surface area contributed by atoms with Gasteiger partial charge >= 0.3 is 0 Å². The summed E-state index contributed by atoms with van der Waals surface area (Å²) in [5.41, 5.74) is 1.11. The van der Waals surface area contributed by atoms with Crippen LogP contribution in [-0.4, -0.2) is 12.9 Å². The van der Waals surface area contributed by atoms with Crippen molar-refractivity contribution >= 4 is 11.8 Å². The molecule has 2 rings (SSSR count). The van der Waals surface area contributed by atoms with Crippen molar-refractivity contribution in [2.75, 3.05) is 7.11 Å². The molecule has 0 unspecified atom stereocenters. The first kappa shape index (κ1) is 15.9. The number of hydrogen-bond acceptors (Lipinski definition) is 4. The number of nitrogens with one attached hydrogen (secondary N) is 1. The Balaban J connectivity index is 1.77. The van der Waals surface area contributed by atoms with Gasteiger partial charge in [-0.3, -0.25) is 0 Å². The van der Waals surface area contributed by atoms with E-state index in [9.17, 15) is 8.78 Å². The van der Waals surface area contributed by atoms with E-state index in [1.54, 1.807) is 19.2 Å². The standard InChI is InChI=1S/C15H17F2NO2S/c1-19-12-4-2-3-11(7-12)8-18-9-13-5-6-14(20-13)10-21-15(16)17/h2-7,15,18H,8-10H2,1H3. The van der Waals surface area contributed by atoms with E-state index >= 15 is 0 Å². The summed E-state index contributed by atoms with van der Waals surface area (Å²) >= 11 is 0.561. The van der Waals surface area contributed by atoms with Gasteiger partial charge in [0.2, 0.25) is 0 Å². The highest BCUT2D eigenvalue weighted by molar-refractivity contribution is 7.98. The van der Waals surface area contributed by atoms with Crippen molar-refractivity contribution in [3.05, 3.63) is 53.5 Å². The fourth-order valence-electron chi connectivity index (χ4n) is 1.85. The summed E-state index contributed by atoms with van der Waals surface area (Å²) in [5.74, 6) is -0.0577. The highest BCUT2D eigenvalue weighted by atomic mass is 32.2. The molecule has 1 N–H and O–H groups in total. The van der Waals surface area contributed by atoms with Gasteiger partial charge in [0.05, 0.1) is 19.4 Å². The largest absolute Gasteiger partial charge is 0.497 e. The maximum Gasteiger partial charge on any atom is 0.284 e. The van der Waals surface area contributed by atoms with Gasteiger partial charge < -0.3 is 14.5 Å². The van der Waals surface area contributed by atoms with Crippen LogP contribution in [0.4, 0.5) is 8.78 Å². The lowest BCUT2D eigenvalue weighted by Gasteiger charge is -2.05. The van der Waals surface area contributed by atoms with Crippen LogP contribution in [0.5, 0.6) is 5.75 Å². The van der Waals surface area contributed by atoms with Gasteiger partial charge in [-0.1, -0.05) is 23.9 Å². The van der Waals surface area contributed by atoms with E-state index in [-0.39, 0.29) is 5.75 Å². The Labute approximate surface area is 126 Å². The number of benzene rings is 1. The maximum atomic E-state index is 12.1. The molecule has 0 amide bonds. The molecular formula is C15H17F2NO2S. The van der Waals surface area contributed by atoms with E-state index in [2.05, 4.69) is 5.32 Å². The predicted octanol–water partition coefficient (Wildman–Crippen LogP) is 4.03. The van der Waals surface area contributed by atoms with Crippen molar-refractivity contribution in [2.45, 2.75) is 24.6 Å². The van der Waals surface area contributed by atoms with Crippen LogP contribution in [0, 0.1) is 0 Å². The van der Waals surface area contributed by atoms with Crippen molar-refractivity contribution in [1.29, 1.82) is 0 Å². The van der Waals surface area contributed by atoms with Gasteiger partial charge in [-0.15, -0.1) is 0 Å². The van der Waals surface area contributed by atoms with Crippen LogP contribution in [0.2, 0.25) is 0 Å². The third-order valence-corrected chi connectivity index (χ3v) is 3.53. The molecule has 114 valence electrons. The molecule has 0 aliphatic carbocycles. The molecule has 3 nitrogen and oxygen atoms in total. The lowest BCUT2D eigenvalue weighted by atomic mass is 10.2. The van der Waals surface area contributed by atoms with Gasteiger partial charge in [0.25, 0.3) is 5.76 Å². The summed E-state index contributed by atoms with van der Waals surface area (Å²) < 4.78 is 34.8. The summed E-state index contributed by atoms with van der Waals surface area (Å²) in [6.07, 6.45) is 0. The normalized spacial score (nSPS) is 11.0. The molecule has 0 spiro atoms. The minimum absolute atomic E-state index is 0.188. The molecule has 0 aliphatic rings. The zero-order valence-electron chi connectivity index (χ0n) is 11.6. The number of alkyl halides is 2. The minimum atomic E-state index is -2.37. The first-order valence-corrected chi connectivity index (χ1v) is 7.53. The van der Waals surface area contributed by atoms with Gasteiger partial charge in [-0.2, -0.15) is 8.78 Å². The third kappa shape index (κ3) is 5.40. The monoisotopic (exact) mass is 313 g/mol. The van der Waals surface area contributed by atoms with E-state index in [1.165, 1.54) is 0 Å². The van der Waals surface area contributed by atoms with Crippen LogP contribution in [0.15, 0.2) is 40.8 Å². The lowest BCUT2D eigenvalue weighted by molar-refractivity contribution is 0.251. The molecule has 0 aliphatic heterocycles. The van der Waals surface area contributed by atoms with Crippen molar-refractivity contribution < 1.29 is 17.9 Å². The fourth-order valence-corrected chi connectivity index (χ4v) is 2.30. The number of rotatable bonds is 8. The molecule has 0 saturated heterocycles.